The summed E-state index contributed by atoms with van der Waals surface area (Å²) in [5.74, 6) is -0.339. The number of rotatable bonds is 10. The molecule has 4 aromatic rings. The summed E-state index contributed by atoms with van der Waals surface area (Å²) in [5, 5.41) is 15.1. The molecule has 1 fully saturated rings. The predicted octanol–water partition coefficient (Wildman–Crippen LogP) is 5.93. The van der Waals surface area contributed by atoms with Crippen molar-refractivity contribution in [2.75, 3.05) is 51.2 Å². The van der Waals surface area contributed by atoms with Crippen molar-refractivity contribution in [3.8, 4) is 11.8 Å². The van der Waals surface area contributed by atoms with Gasteiger partial charge in [-0.2, -0.15) is 5.26 Å². The van der Waals surface area contributed by atoms with Gasteiger partial charge in [-0.15, -0.1) is 0 Å². The monoisotopic (exact) mass is 579 g/mol. The summed E-state index contributed by atoms with van der Waals surface area (Å²) < 4.78 is 22.7. The molecule has 1 saturated heterocycles. The first kappa shape index (κ1) is 28.2. The van der Waals surface area contributed by atoms with Gasteiger partial charge in [-0.05, 0) is 37.2 Å². The summed E-state index contributed by atoms with van der Waals surface area (Å²) >= 11 is 8.06. The van der Waals surface area contributed by atoms with E-state index in [0.29, 0.717) is 39.5 Å². The predicted molar refractivity (Wildman–Crippen MR) is 157 cm³/mol. The second-order valence-corrected chi connectivity index (χ2v) is 11.0. The van der Waals surface area contributed by atoms with Gasteiger partial charge in [0.25, 0.3) is 0 Å². The lowest BCUT2D eigenvalue weighted by atomic mass is 10.1. The number of fused-ring (bicyclic) bond motifs is 1. The summed E-state index contributed by atoms with van der Waals surface area (Å²) in [4.78, 5) is 14.3. The third kappa shape index (κ3) is 6.50. The van der Waals surface area contributed by atoms with Crippen LogP contribution in [0, 0.1) is 17.1 Å². The van der Waals surface area contributed by atoms with Gasteiger partial charge in [-0.3, -0.25) is 4.98 Å². The van der Waals surface area contributed by atoms with E-state index in [2.05, 4.69) is 38.1 Å². The van der Waals surface area contributed by atoms with Crippen molar-refractivity contribution >= 4 is 45.6 Å². The van der Waals surface area contributed by atoms with Crippen LogP contribution in [0.15, 0.2) is 59.0 Å². The molecular weight excluding hydrogens is 549 g/mol. The Morgan fingerprint density at radius 3 is 2.65 bits per heavy atom. The van der Waals surface area contributed by atoms with Crippen molar-refractivity contribution in [3.05, 3.63) is 65.3 Å². The number of hydrogen-bond donors (Lipinski definition) is 1. The number of aryl methyl sites for hydroxylation is 1. The molecular formula is C29H31ClFN7OS. The molecule has 40 heavy (non-hydrogen) atoms. The number of hydrogen-bond acceptors (Lipinski definition) is 8. The van der Waals surface area contributed by atoms with Crippen molar-refractivity contribution in [1.29, 1.82) is 5.26 Å². The van der Waals surface area contributed by atoms with E-state index in [9.17, 15) is 9.65 Å². The molecule has 0 atom stereocenters. The van der Waals surface area contributed by atoms with Gasteiger partial charge in [0.05, 0.1) is 28.4 Å². The maximum atomic E-state index is 14.9. The highest BCUT2D eigenvalue weighted by molar-refractivity contribution is 7.99. The lowest BCUT2D eigenvalue weighted by Crippen LogP contribution is -2.46. The van der Waals surface area contributed by atoms with Crippen LogP contribution in [0.1, 0.15) is 18.9 Å². The van der Waals surface area contributed by atoms with Gasteiger partial charge >= 0.3 is 0 Å². The number of nitriles is 1. The molecule has 0 unspecified atom stereocenters. The molecule has 2 aromatic heterocycles. The molecule has 1 aliphatic heterocycles. The fourth-order valence-electron chi connectivity index (χ4n) is 4.68. The SMILES string of the molecule is CCN1CCN(CCCOc2cc3c(Nc4ccc(Sc5nccn5C)c(Cl)c4)c(C#N)cnc3cc2F)CC1. The Labute approximate surface area is 242 Å². The summed E-state index contributed by atoms with van der Waals surface area (Å²) in [6.45, 7) is 8.83. The largest absolute Gasteiger partial charge is 0.490 e. The molecule has 3 heterocycles. The first-order valence-corrected chi connectivity index (χ1v) is 14.5. The molecule has 0 aliphatic carbocycles. The van der Waals surface area contributed by atoms with Crippen LogP contribution in [0.4, 0.5) is 15.8 Å². The van der Waals surface area contributed by atoms with Gasteiger partial charge < -0.3 is 24.4 Å². The van der Waals surface area contributed by atoms with Crippen LogP contribution in [0.25, 0.3) is 10.9 Å². The van der Waals surface area contributed by atoms with Gasteiger partial charge in [0, 0.05) is 80.4 Å². The first-order valence-electron chi connectivity index (χ1n) is 13.3. The number of halogens is 2. The van der Waals surface area contributed by atoms with Crippen molar-refractivity contribution in [2.24, 2.45) is 7.05 Å². The number of ether oxygens (including phenoxy) is 1. The Bertz CT molecular complexity index is 1530. The lowest BCUT2D eigenvalue weighted by Gasteiger charge is -2.33. The zero-order valence-electron chi connectivity index (χ0n) is 22.5. The molecule has 208 valence electrons. The summed E-state index contributed by atoms with van der Waals surface area (Å²) in [5.41, 5.74) is 1.96. The van der Waals surface area contributed by atoms with E-state index >= 15 is 0 Å². The molecule has 1 N–H and O–H groups in total. The maximum Gasteiger partial charge on any atom is 0.172 e. The zero-order valence-corrected chi connectivity index (χ0v) is 24.1. The first-order chi connectivity index (χ1) is 19.4. The van der Waals surface area contributed by atoms with Crippen molar-refractivity contribution in [1.82, 2.24) is 24.3 Å². The normalized spacial score (nSPS) is 14.4. The van der Waals surface area contributed by atoms with Crippen LogP contribution in [-0.2, 0) is 7.05 Å². The summed E-state index contributed by atoms with van der Waals surface area (Å²) in [7, 11) is 1.92. The van der Waals surface area contributed by atoms with Crippen LogP contribution in [-0.4, -0.2) is 70.2 Å². The number of benzene rings is 2. The van der Waals surface area contributed by atoms with Crippen LogP contribution in [0.2, 0.25) is 5.02 Å². The third-order valence-corrected chi connectivity index (χ3v) is 8.59. The maximum absolute atomic E-state index is 14.9. The van der Waals surface area contributed by atoms with Gasteiger partial charge in [0.2, 0.25) is 0 Å². The number of aromatic nitrogens is 3. The Morgan fingerprint density at radius 2 is 1.95 bits per heavy atom. The number of likely N-dealkylation sites (N-methyl/N-ethyl adjacent to an activating group) is 1. The van der Waals surface area contributed by atoms with E-state index < -0.39 is 5.82 Å². The molecule has 5 rings (SSSR count). The molecule has 0 amide bonds. The van der Waals surface area contributed by atoms with Gasteiger partial charge in [0.15, 0.2) is 16.7 Å². The van der Waals surface area contributed by atoms with Crippen LogP contribution in [0.3, 0.4) is 0 Å². The average Bonchev–Trinajstić information content (AvgIpc) is 3.37. The zero-order chi connectivity index (χ0) is 28.1. The highest BCUT2D eigenvalue weighted by Gasteiger charge is 2.17. The fraction of sp³-hybridized carbons (Fsp3) is 0.345. The molecule has 0 spiro atoms. The molecule has 2 aromatic carbocycles. The van der Waals surface area contributed by atoms with Gasteiger partial charge in [-0.1, -0.05) is 30.3 Å². The minimum absolute atomic E-state index is 0.142. The van der Waals surface area contributed by atoms with E-state index in [1.165, 1.54) is 24.0 Å². The highest BCUT2D eigenvalue weighted by Crippen LogP contribution is 2.37. The third-order valence-electron chi connectivity index (χ3n) is 7.01. The lowest BCUT2D eigenvalue weighted by molar-refractivity contribution is 0.130. The van der Waals surface area contributed by atoms with Crippen molar-refractivity contribution in [2.45, 2.75) is 23.4 Å². The minimum atomic E-state index is -0.481. The average molecular weight is 580 g/mol. The quantitative estimate of drug-likeness (QED) is 0.231. The Balaban J connectivity index is 1.31. The van der Waals surface area contributed by atoms with Crippen molar-refractivity contribution in [3.63, 3.8) is 0 Å². The van der Waals surface area contributed by atoms with Gasteiger partial charge in [-0.25, -0.2) is 9.37 Å². The number of nitrogens with one attached hydrogen (secondary N) is 1. The molecule has 0 saturated carbocycles. The Hall–Kier alpha value is -3.36. The standard InChI is InChI=1S/C29H31ClFN7OS/c1-3-37-10-12-38(13-11-37)8-4-14-39-26-16-22-25(17-24(26)31)34-19-20(18-32)28(22)35-21-5-6-27(23(30)15-21)40-29-33-7-9-36(29)2/h5-7,9,15-17,19H,3-4,8,10-14H2,1-2H3,(H,34,35). The van der Waals surface area contributed by atoms with Crippen molar-refractivity contribution < 1.29 is 9.13 Å². The van der Waals surface area contributed by atoms with E-state index in [-0.39, 0.29) is 5.75 Å². The van der Waals surface area contributed by atoms with Crippen LogP contribution in [0.5, 0.6) is 5.75 Å². The number of nitrogens with zero attached hydrogens (tertiary/aromatic N) is 6. The van der Waals surface area contributed by atoms with E-state index in [1.807, 2.05) is 29.9 Å². The van der Waals surface area contributed by atoms with E-state index in [1.54, 1.807) is 18.3 Å². The van der Waals surface area contributed by atoms with E-state index in [4.69, 9.17) is 16.3 Å². The second kappa shape index (κ2) is 12.9. The smallest absolute Gasteiger partial charge is 0.172 e. The number of anilines is 2. The van der Waals surface area contributed by atoms with Crippen LogP contribution >= 0.6 is 23.4 Å². The van der Waals surface area contributed by atoms with Crippen LogP contribution < -0.4 is 10.1 Å². The highest BCUT2D eigenvalue weighted by atomic mass is 35.5. The summed E-state index contributed by atoms with van der Waals surface area (Å²) in [6, 6.07) is 10.7. The fourth-order valence-corrected chi connectivity index (χ4v) is 5.78. The summed E-state index contributed by atoms with van der Waals surface area (Å²) in [6.07, 6.45) is 5.85. The number of piperazine rings is 1. The number of imidazole rings is 1. The number of pyridine rings is 1. The van der Waals surface area contributed by atoms with Gasteiger partial charge in [0.1, 0.15) is 6.07 Å². The molecule has 0 radical (unpaired) electrons. The second-order valence-electron chi connectivity index (χ2n) is 9.63. The molecule has 8 nitrogen and oxygen atoms in total. The Morgan fingerprint density at radius 1 is 1.15 bits per heavy atom. The Kier molecular flexibility index (Phi) is 9.07. The topological polar surface area (TPSA) is 82.2 Å². The molecule has 0 bridgehead atoms. The van der Waals surface area contributed by atoms with E-state index in [0.717, 1.165) is 55.7 Å². The molecule has 11 heteroatoms. The molecule has 1 aliphatic rings. The minimum Gasteiger partial charge on any atom is -0.490 e.